The summed E-state index contributed by atoms with van der Waals surface area (Å²) in [6.45, 7) is 2.22. The van der Waals surface area contributed by atoms with Gasteiger partial charge in [0.2, 0.25) is 5.91 Å². The summed E-state index contributed by atoms with van der Waals surface area (Å²) in [7, 11) is -3.15. The SMILES string of the molecule is Cc1ccc2occ(CC(=O)N(Cc3ccc(F)cc3)C3CCS(=O)(=O)C3)c2c1. The Bertz CT molecular complexity index is 1150. The van der Waals surface area contributed by atoms with Gasteiger partial charge >= 0.3 is 0 Å². The van der Waals surface area contributed by atoms with E-state index in [1.165, 1.54) is 12.1 Å². The van der Waals surface area contributed by atoms with E-state index in [-0.39, 0.29) is 42.2 Å². The second-order valence-electron chi connectivity index (χ2n) is 7.64. The molecule has 2 heterocycles. The number of hydrogen-bond acceptors (Lipinski definition) is 4. The van der Waals surface area contributed by atoms with Crippen LogP contribution in [0.4, 0.5) is 4.39 Å². The number of halogens is 1. The van der Waals surface area contributed by atoms with Gasteiger partial charge in [-0.1, -0.05) is 23.8 Å². The summed E-state index contributed by atoms with van der Waals surface area (Å²) in [6, 6.07) is 11.3. The van der Waals surface area contributed by atoms with Gasteiger partial charge in [-0.15, -0.1) is 0 Å². The van der Waals surface area contributed by atoms with Crippen molar-refractivity contribution in [1.29, 1.82) is 0 Å². The highest BCUT2D eigenvalue weighted by molar-refractivity contribution is 7.91. The molecule has 7 heteroatoms. The number of benzene rings is 2. The molecule has 1 aliphatic rings. The molecule has 1 atom stereocenters. The summed E-state index contributed by atoms with van der Waals surface area (Å²) < 4.78 is 42.8. The zero-order valence-corrected chi connectivity index (χ0v) is 16.9. The van der Waals surface area contributed by atoms with Gasteiger partial charge in [0.25, 0.3) is 0 Å². The quantitative estimate of drug-likeness (QED) is 0.638. The molecule has 0 N–H and O–H groups in total. The third-order valence-electron chi connectivity index (χ3n) is 5.39. The van der Waals surface area contributed by atoms with Crippen molar-refractivity contribution in [2.45, 2.75) is 32.4 Å². The Kier molecular flexibility index (Phi) is 5.17. The smallest absolute Gasteiger partial charge is 0.227 e. The molecule has 1 unspecified atom stereocenters. The van der Waals surface area contributed by atoms with Gasteiger partial charge in [0.05, 0.1) is 24.2 Å². The summed E-state index contributed by atoms with van der Waals surface area (Å²) in [6.07, 6.45) is 2.12. The van der Waals surface area contributed by atoms with Gasteiger partial charge in [0.15, 0.2) is 9.84 Å². The van der Waals surface area contributed by atoms with Gasteiger partial charge in [-0.05, 0) is 43.2 Å². The van der Waals surface area contributed by atoms with Crippen LogP contribution >= 0.6 is 0 Å². The van der Waals surface area contributed by atoms with E-state index in [2.05, 4.69) is 0 Å². The van der Waals surface area contributed by atoms with Crippen molar-refractivity contribution >= 4 is 26.7 Å². The van der Waals surface area contributed by atoms with E-state index in [1.54, 1.807) is 23.3 Å². The fraction of sp³-hybridized carbons (Fsp3) is 0.318. The highest BCUT2D eigenvalue weighted by atomic mass is 32.2. The standard InChI is InChI=1S/C22H22FNO4S/c1-15-2-7-21-20(10-15)17(13-28-21)11-22(25)24(19-8-9-29(26,27)14-19)12-16-3-5-18(23)6-4-16/h2-7,10,13,19H,8-9,11-12,14H2,1H3. The molecule has 29 heavy (non-hydrogen) atoms. The maximum Gasteiger partial charge on any atom is 0.227 e. The van der Waals surface area contributed by atoms with Crippen molar-refractivity contribution < 1.29 is 22.0 Å². The lowest BCUT2D eigenvalue weighted by atomic mass is 10.1. The van der Waals surface area contributed by atoms with Crippen molar-refractivity contribution in [3.8, 4) is 0 Å². The molecule has 1 aliphatic heterocycles. The van der Waals surface area contributed by atoms with Crippen LogP contribution in [0.5, 0.6) is 0 Å². The average molecular weight is 415 g/mol. The number of sulfone groups is 1. The van der Waals surface area contributed by atoms with Crippen LogP contribution in [0.2, 0.25) is 0 Å². The predicted molar refractivity (Wildman–Crippen MR) is 109 cm³/mol. The summed E-state index contributed by atoms with van der Waals surface area (Å²) in [4.78, 5) is 14.8. The molecule has 1 saturated heterocycles. The molecule has 0 saturated carbocycles. The van der Waals surface area contributed by atoms with E-state index in [0.29, 0.717) is 12.0 Å². The summed E-state index contributed by atoms with van der Waals surface area (Å²) in [5, 5.41) is 0.888. The third kappa shape index (κ3) is 4.34. The average Bonchev–Trinajstić information content (AvgIpc) is 3.23. The molecule has 3 aromatic rings. The first kappa shape index (κ1) is 19.6. The zero-order valence-electron chi connectivity index (χ0n) is 16.1. The number of carbonyl (C=O) groups is 1. The van der Waals surface area contributed by atoms with Gasteiger partial charge < -0.3 is 9.32 Å². The molecule has 0 spiro atoms. The number of aryl methyl sites for hydroxylation is 1. The Morgan fingerprint density at radius 1 is 1.21 bits per heavy atom. The zero-order chi connectivity index (χ0) is 20.6. The molecule has 1 fully saturated rings. The molecule has 0 aliphatic carbocycles. The summed E-state index contributed by atoms with van der Waals surface area (Å²) in [5.74, 6) is -0.472. The Labute approximate surface area is 169 Å². The van der Waals surface area contributed by atoms with Crippen molar-refractivity contribution in [2.24, 2.45) is 0 Å². The van der Waals surface area contributed by atoms with Gasteiger partial charge in [0.1, 0.15) is 11.4 Å². The number of rotatable bonds is 5. The number of nitrogens with zero attached hydrogens (tertiary/aromatic N) is 1. The Hall–Kier alpha value is -2.67. The minimum atomic E-state index is -3.15. The second kappa shape index (κ2) is 7.63. The lowest BCUT2D eigenvalue weighted by Gasteiger charge is -2.28. The first-order valence-electron chi connectivity index (χ1n) is 9.52. The Morgan fingerprint density at radius 2 is 1.97 bits per heavy atom. The fourth-order valence-electron chi connectivity index (χ4n) is 3.83. The topological polar surface area (TPSA) is 67.6 Å². The minimum Gasteiger partial charge on any atom is -0.464 e. The number of hydrogen-bond donors (Lipinski definition) is 0. The lowest BCUT2D eigenvalue weighted by Crippen LogP contribution is -2.41. The number of carbonyl (C=O) groups excluding carboxylic acids is 1. The molecule has 0 radical (unpaired) electrons. The molecule has 0 bridgehead atoms. The van der Waals surface area contributed by atoms with Crippen LogP contribution in [0.15, 0.2) is 53.1 Å². The molecule has 1 amide bonds. The third-order valence-corrected chi connectivity index (χ3v) is 7.14. The predicted octanol–water partition coefficient (Wildman–Crippen LogP) is 3.64. The van der Waals surface area contributed by atoms with Crippen LogP contribution in [0.1, 0.15) is 23.1 Å². The summed E-state index contributed by atoms with van der Waals surface area (Å²) in [5.41, 5.74) is 3.32. The first-order chi connectivity index (χ1) is 13.8. The van der Waals surface area contributed by atoms with E-state index in [4.69, 9.17) is 4.42 Å². The van der Waals surface area contributed by atoms with Crippen LogP contribution in [-0.2, 0) is 27.6 Å². The van der Waals surface area contributed by atoms with Crippen molar-refractivity contribution in [3.63, 3.8) is 0 Å². The van der Waals surface area contributed by atoms with E-state index >= 15 is 0 Å². The monoisotopic (exact) mass is 415 g/mol. The van der Waals surface area contributed by atoms with Crippen LogP contribution in [0, 0.1) is 12.7 Å². The molecular weight excluding hydrogens is 393 g/mol. The normalized spacial score (nSPS) is 18.2. The molecular formula is C22H22FNO4S. The van der Waals surface area contributed by atoms with Crippen LogP contribution in [0.3, 0.4) is 0 Å². The molecule has 152 valence electrons. The van der Waals surface area contributed by atoms with Crippen LogP contribution < -0.4 is 0 Å². The van der Waals surface area contributed by atoms with E-state index in [1.807, 2.05) is 25.1 Å². The highest BCUT2D eigenvalue weighted by Crippen LogP contribution is 2.26. The fourth-order valence-corrected chi connectivity index (χ4v) is 5.56. The van der Waals surface area contributed by atoms with Crippen LogP contribution in [-0.4, -0.2) is 36.8 Å². The molecule has 2 aromatic carbocycles. The number of furan rings is 1. The number of amides is 1. The van der Waals surface area contributed by atoms with Crippen LogP contribution in [0.25, 0.3) is 11.0 Å². The van der Waals surface area contributed by atoms with E-state index in [0.717, 1.165) is 22.1 Å². The van der Waals surface area contributed by atoms with Crippen molar-refractivity contribution in [1.82, 2.24) is 4.90 Å². The first-order valence-corrected chi connectivity index (χ1v) is 11.3. The maximum atomic E-state index is 13.2. The molecule has 4 rings (SSSR count). The molecule has 5 nitrogen and oxygen atoms in total. The number of fused-ring (bicyclic) bond motifs is 1. The maximum absolute atomic E-state index is 13.2. The van der Waals surface area contributed by atoms with Gasteiger partial charge in [-0.25, -0.2) is 12.8 Å². The Balaban J connectivity index is 1.61. The van der Waals surface area contributed by atoms with Crippen molar-refractivity contribution in [2.75, 3.05) is 11.5 Å². The highest BCUT2D eigenvalue weighted by Gasteiger charge is 2.34. The van der Waals surface area contributed by atoms with Crippen molar-refractivity contribution in [3.05, 3.63) is 71.2 Å². The Morgan fingerprint density at radius 3 is 2.66 bits per heavy atom. The lowest BCUT2D eigenvalue weighted by molar-refractivity contribution is -0.133. The van der Waals surface area contributed by atoms with Gasteiger partial charge in [-0.2, -0.15) is 0 Å². The largest absolute Gasteiger partial charge is 0.464 e. The van der Waals surface area contributed by atoms with E-state index in [9.17, 15) is 17.6 Å². The minimum absolute atomic E-state index is 0.0365. The summed E-state index contributed by atoms with van der Waals surface area (Å²) >= 11 is 0. The van der Waals surface area contributed by atoms with E-state index < -0.39 is 9.84 Å². The molecule has 1 aromatic heterocycles. The van der Waals surface area contributed by atoms with Gasteiger partial charge in [-0.3, -0.25) is 4.79 Å². The van der Waals surface area contributed by atoms with Gasteiger partial charge in [0, 0.05) is 23.5 Å². The second-order valence-corrected chi connectivity index (χ2v) is 9.87.